The van der Waals surface area contributed by atoms with Crippen molar-refractivity contribution in [1.82, 2.24) is 14.7 Å². The number of hydrogen-bond donors (Lipinski definition) is 0. The zero-order chi connectivity index (χ0) is 24.1. The first-order valence-electron chi connectivity index (χ1n) is 12.9. The van der Waals surface area contributed by atoms with E-state index in [-0.39, 0.29) is 30.2 Å². The van der Waals surface area contributed by atoms with Crippen LogP contribution in [0.15, 0.2) is 24.3 Å². The van der Waals surface area contributed by atoms with Crippen LogP contribution in [-0.2, 0) is 14.3 Å². The molecule has 7 heteroatoms. The molecule has 0 aliphatic carbocycles. The van der Waals surface area contributed by atoms with Crippen LogP contribution in [0, 0.1) is 11.8 Å². The normalized spacial score (nSPS) is 27.5. The second kappa shape index (κ2) is 11.5. The second-order valence-electron chi connectivity index (χ2n) is 10.2. The van der Waals surface area contributed by atoms with Gasteiger partial charge in [0.25, 0.3) is 0 Å². The third-order valence-corrected chi connectivity index (χ3v) is 8.13. The highest BCUT2D eigenvalue weighted by molar-refractivity contribution is 5.90. The van der Waals surface area contributed by atoms with Gasteiger partial charge in [-0.2, -0.15) is 0 Å². The molecule has 2 amide bonds. The zero-order valence-corrected chi connectivity index (χ0v) is 21.1. The van der Waals surface area contributed by atoms with Gasteiger partial charge in [0, 0.05) is 46.3 Å². The Balaban J connectivity index is 1.54. The van der Waals surface area contributed by atoms with Crippen molar-refractivity contribution in [3.8, 4) is 5.75 Å². The minimum atomic E-state index is -0.362. The van der Waals surface area contributed by atoms with Crippen LogP contribution in [0.4, 0.5) is 0 Å². The molecule has 3 aliphatic rings. The monoisotopic (exact) mass is 471 g/mol. The van der Waals surface area contributed by atoms with E-state index in [4.69, 9.17) is 9.47 Å². The zero-order valence-electron chi connectivity index (χ0n) is 21.1. The summed E-state index contributed by atoms with van der Waals surface area (Å²) < 4.78 is 10.6. The molecule has 0 spiro atoms. The predicted octanol–water partition coefficient (Wildman–Crippen LogP) is 3.34. The number of methoxy groups -OCH3 is 2. The quantitative estimate of drug-likeness (QED) is 0.517. The fourth-order valence-corrected chi connectivity index (χ4v) is 6.35. The first-order chi connectivity index (χ1) is 16.5. The van der Waals surface area contributed by atoms with Crippen LogP contribution in [0.5, 0.6) is 5.75 Å². The number of rotatable bonds is 9. The van der Waals surface area contributed by atoms with Gasteiger partial charge in [0.1, 0.15) is 5.75 Å². The van der Waals surface area contributed by atoms with Crippen LogP contribution in [0.3, 0.4) is 0 Å². The van der Waals surface area contributed by atoms with Crippen molar-refractivity contribution in [2.75, 3.05) is 54.1 Å². The molecule has 0 unspecified atom stereocenters. The predicted molar refractivity (Wildman–Crippen MR) is 132 cm³/mol. The molecule has 3 heterocycles. The van der Waals surface area contributed by atoms with Gasteiger partial charge in [0.05, 0.1) is 19.1 Å². The maximum Gasteiger partial charge on any atom is 0.228 e. The van der Waals surface area contributed by atoms with E-state index >= 15 is 0 Å². The Morgan fingerprint density at radius 1 is 1.09 bits per heavy atom. The molecule has 34 heavy (non-hydrogen) atoms. The summed E-state index contributed by atoms with van der Waals surface area (Å²) in [6.45, 7) is 4.49. The number of fused-ring (bicyclic) bond motifs is 1. The molecular weight excluding hydrogens is 430 g/mol. The second-order valence-corrected chi connectivity index (χ2v) is 10.2. The highest BCUT2D eigenvalue weighted by Crippen LogP contribution is 2.39. The number of piperidine rings is 2. The summed E-state index contributed by atoms with van der Waals surface area (Å²) in [5.41, 5.74) is 0.987. The molecule has 0 radical (unpaired) electrons. The van der Waals surface area contributed by atoms with Crippen LogP contribution < -0.4 is 4.74 Å². The van der Waals surface area contributed by atoms with Crippen molar-refractivity contribution < 1.29 is 19.1 Å². The fraction of sp³-hybridized carbons (Fsp3) is 0.704. The van der Waals surface area contributed by atoms with Gasteiger partial charge >= 0.3 is 0 Å². The SMILES string of the molecule is COCCCN(C[C@@H]1CCCN2CCCC[C@H]12)C(=O)[C@@H]1CC(=O)N(C)[C@H]1c1ccc(OC)cc1. The maximum absolute atomic E-state index is 14.0. The molecule has 1 aromatic rings. The molecule has 0 aromatic heterocycles. The van der Waals surface area contributed by atoms with Gasteiger partial charge in [-0.15, -0.1) is 0 Å². The summed E-state index contributed by atoms with van der Waals surface area (Å²) >= 11 is 0. The molecule has 0 bridgehead atoms. The smallest absolute Gasteiger partial charge is 0.228 e. The third kappa shape index (κ3) is 5.41. The largest absolute Gasteiger partial charge is 0.497 e. The van der Waals surface area contributed by atoms with E-state index in [0.29, 0.717) is 25.1 Å². The van der Waals surface area contributed by atoms with E-state index in [1.165, 1.54) is 45.2 Å². The first-order valence-corrected chi connectivity index (χ1v) is 12.9. The summed E-state index contributed by atoms with van der Waals surface area (Å²) in [5.74, 6) is 1.07. The Bertz CT molecular complexity index is 828. The molecule has 3 aliphatic heterocycles. The van der Waals surface area contributed by atoms with Crippen LogP contribution in [0.2, 0.25) is 0 Å². The third-order valence-electron chi connectivity index (χ3n) is 8.13. The molecule has 3 fully saturated rings. The van der Waals surface area contributed by atoms with E-state index in [2.05, 4.69) is 9.80 Å². The van der Waals surface area contributed by atoms with Crippen LogP contribution in [0.1, 0.15) is 56.6 Å². The number of hydrogen-bond acceptors (Lipinski definition) is 5. The molecule has 4 atom stereocenters. The summed E-state index contributed by atoms with van der Waals surface area (Å²) in [5, 5.41) is 0. The van der Waals surface area contributed by atoms with E-state index in [0.717, 1.165) is 24.3 Å². The van der Waals surface area contributed by atoms with Gasteiger partial charge in [0.15, 0.2) is 0 Å². The number of amides is 2. The molecule has 188 valence electrons. The topological polar surface area (TPSA) is 62.3 Å². The maximum atomic E-state index is 14.0. The van der Waals surface area contributed by atoms with Crippen molar-refractivity contribution in [3.05, 3.63) is 29.8 Å². The number of nitrogens with zero attached hydrogens (tertiary/aromatic N) is 3. The molecule has 0 saturated carbocycles. The molecule has 0 N–H and O–H groups in total. The lowest BCUT2D eigenvalue weighted by Crippen LogP contribution is -2.52. The number of likely N-dealkylation sites (tertiary alicyclic amines) is 1. The van der Waals surface area contributed by atoms with Gasteiger partial charge in [-0.25, -0.2) is 0 Å². The van der Waals surface area contributed by atoms with Gasteiger partial charge in [-0.05, 0) is 68.8 Å². The van der Waals surface area contributed by atoms with Crippen LogP contribution in [0.25, 0.3) is 0 Å². The summed E-state index contributed by atoms with van der Waals surface area (Å²) in [6, 6.07) is 8.12. The average Bonchev–Trinajstić information content (AvgIpc) is 3.17. The Morgan fingerprint density at radius 3 is 2.59 bits per heavy atom. The standard InChI is InChI=1S/C27H41N3O4/c1-28-25(31)18-23(26(28)20-10-12-22(34-3)13-11-20)27(32)30(16-7-17-33-2)19-21-8-6-15-29-14-5-4-9-24(21)29/h10-13,21,23-24,26H,4-9,14-19H2,1-3H3/t21-,23+,24+,26-/m0/s1. The number of carbonyl (C=O) groups excluding carboxylic acids is 2. The molecule has 1 aromatic carbocycles. The highest BCUT2D eigenvalue weighted by Gasteiger charge is 2.45. The van der Waals surface area contributed by atoms with E-state index in [9.17, 15) is 9.59 Å². The van der Waals surface area contributed by atoms with Crippen molar-refractivity contribution >= 4 is 11.8 Å². The lowest BCUT2D eigenvalue weighted by molar-refractivity contribution is -0.138. The summed E-state index contributed by atoms with van der Waals surface area (Å²) in [4.78, 5) is 33.3. The van der Waals surface area contributed by atoms with Crippen molar-refractivity contribution in [2.45, 2.75) is 57.0 Å². The van der Waals surface area contributed by atoms with Crippen molar-refractivity contribution in [3.63, 3.8) is 0 Å². The molecule has 3 saturated heterocycles. The lowest BCUT2D eigenvalue weighted by Gasteiger charge is -2.46. The van der Waals surface area contributed by atoms with E-state index in [1.807, 2.05) is 31.3 Å². The van der Waals surface area contributed by atoms with Crippen molar-refractivity contribution in [1.29, 1.82) is 0 Å². The van der Waals surface area contributed by atoms with Crippen LogP contribution >= 0.6 is 0 Å². The number of benzene rings is 1. The Morgan fingerprint density at radius 2 is 1.85 bits per heavy atom. The molecule has 7 nitrogen and oxygen atoms in total. The minimum absolute atomic E-state index is 0.0344. The number of carbonyl (C=O) groups is 2. The summed E-state index contributed by atoms with van der Waals surface area (Å²) in [6.07, 6.45) is 7.29. The Hall–Kier alpha value is -2.12. The minimum Gasteiger partial charge on any atom is -0.497 e. The van der Waals surface area contributed by atoms with Gasteiger partial charge < -0.3 is 24.2 Å². The van der Waals surface area contributed by atoms with Gasteiger partial charge in [-0.3, -0.25) is 9.59 Å². The van der Waals surface area contributed by atoms with Gasteiger partial charge in [0.2, 0.25) is 11.8 Å². The van der Waals surface area contributed by atoms with Crippen LogP contribution in [-0.4, -0.2) is 86.6 Å². The van der Waals surface area contributed by atoms with Crippen molar-refractivity contribution in [2.24, 2.45) is 11.8 Å². The van der Waals surface area contributed by atoms with E-state index in [1.54, 1.807) is 19.1 Å². The summed E-state index contributed by atoms with van der Waals surface area (Å²) in [7, 11) is 5.17. The Kier molecular flexibility index (Phi) is 8.48. The highest BCUT2D eigenvalue weighted by atomic mass is 16.5. The van der Waals surface area contributed by atoms with Gasteiger partial charge in [-0.1, -0.05) is 18.6 Å². The molecular formula is C27H41N3O4. The first kappa shape index (κ1) is 25.0. The number of ether oxygens (including phenoxy) is 2. The Labute approximate surface area is 204 Å². The lowest BCUT2D eigenvalue weighted by atomic mass is 9.83. The fourth-order valence-electron chi connectivity index (χ4n) is 6.35. The molecule has 4 rings (SSSR count). The van der Waals surface area contributed by atoms with E-state index < -0.39 is 0 Å². The average molecular weight is 472 g/mol.